The molecule has 0 saturated heterocycles. The fourth-order valence-corrected chi connectivity index (χ4v) is 3.05. The summed E-state index contributed by atoms with van der Waals surface area (Å²) in [5.74, 6) is 1.13. The highest BCUT2D eigenvalue weighted by Crippen LogP contribution is 2.21. The van der Waals surface area contributed by atoms with E-state index in [9.17, 15) is 17.3 Å². The quantitative estimate of drug-likeness (QED) is 0.490. The second-order valence-electron chi connectivity index (χ2n) is 6.26. The van der Waals surface area contributed by atoms with Crippen LogP contribution >= 0.6 is 0 Å². The van der Waals surface area contributed by atoms with Crippen LogP contribution in [0.4, 0.5) is 17.3 Å². The van der Waals surface area contributed by atoms with Crippen molar-refractivity contribution in [2.24, 2.45) is 0 Å². The zero-order chi connectivity index (χ0) is 19.3. The zero-order valence-electron chi connectivity index (χ0n) is 14.6. The van der Waals surface area contributed by atoms with E-state index >= 15 is 0 Å². The van der Waals surface area contributed by atoms with Crippen LogP contribution in [0.3, 0.4) is 0 Å². The molecule has 1 N–H and O–H groups in total. The first-order valence-electron chi connectivity index (χ1n) is 8.65. The first-order chi connectivity index (χ1) is 12.9. The smallest absolute Gasteiger partial charge is 0.484 e. The Kier molecular flexibility index (Phi) is 5.88. The van der Waals surface area contributed by atoms with E-state index in [0.717, 1.165) is 31.8 Å². The van der Waals surface area contributed by atoms with E-state index in [1.807, 2.05) is 6.26 Å². The Hall–Kier alpha value is -2.71. The number of nitrogens with one attached hydrogen (secondary N) is 1. The van der Waals surface area contributed by atoms with Crippen LogP contribution in [0.5, 0.6) is 0 Å². The number of hydrogen-bond donors (Lipinski definition) is 1. The topological polar surface area (TPSA) is 27.5 Å². The highest BCUT2D eigenvalue weighted by atomic mass is 19.5. The van der Waals surface area contributed by atoms with Gasteiger partial charge in [-0.3, -0.25) is 0 Å². The van der Waals surface area contributed by atoms with Crippen molar-refractivity contribution in [1.29, 1.82) is 0 Å². The number of hydrogen-bond acceptors (Lipinski definition) is 3. The highest BCUT2D eigenvalue weighted by Gasteiger charge is 2.34. The van der Waals surface area contributed by atoms with E-state index in [2.05, 4.69) is 63.6 Å². The predicted octanol–water partition coefficient (Wildman–Crippen LogP) is 3.82. The van der Waals surface area contributed by atoms with E-state index in [-0.39, 0.29) is 0 Å². The standard InChI is InChI=1S/C18H19N3O.BF4/c1-3-7-15(8-4-1)11-17-12-22-13-18-19-21(14-20(17)18)16-9-5-2-6-10-16;2-1(3,4)5/h1-5,7-9,12H,6,10-11,13-14H2;/q;-1/p+1. The van der Waals surface area contributed by atoms with Gasteiger partial charge in [-0.15, -0.1) is 0 Å². The molecule has 2 aliphatic heterocycles. The van der Waals surface area contributed by atoms with Crippen LogP contribution < -0.4 is 5.43 Å². The maximum Gasteiger partial charge on any atom is 0.673 e. The number of nitrogens with zero attached hydrogens (tertiary/aromatic N) is 2. The second kappa shape index (κ2) is 8.32. The van der Waals surface area contributed by atoms with Gasteiger partial charge in [0.05, 0.1) is 5.70 Å². The van der Waals surface area contributed by atoms with Gasteiger partial charge in [-0.1, -0.05) is 42.5 Å². The van der Waals surface area contributed by atoms with Crippen LogP contribution in [-0.4, -0.2) is 36.0 Å². The molecule has 9 heteroatoms. The molecular weight excluding hydrogens is 361 g/mol. The lowest BCUT2D eigenvalue weighted by atomic mass is 10.1. The molecule has 1 aromatic carbocycles. The predicted molar refractivity (Wildman–Crippen MR) is 95.9 cm³/mol. The molecule has 1 aromatic rings. The van der Waals surface area contributed by atoms with Crippen LogP contribution in [0.25, 0.3) is 0 Å². The molecule has 0 radical (unpaired) electrons. The Morgan fingerprint density at radius 3 is 2.56 bits per heavy atom. The molecule has 0 aromatic heterocycles. The minimum Gasteiger partial charge on any atom is -0.484 e. The molecule has 0 unspecified atom stereocenters. The van der Waals surface area contributed by atoms with Gasteiger partial charge in [-0.25, -0.2) is 4.58 Å². The lowest BCUT2D eigenvalue weighted by molar-refractivity contribution is -0.492. The van der Waals surface area contributed by atoms with Gasteiger partial charge in [0.1, 0.15) is 12.0 Å². The largest absolute Gasteiger partial charge is 0.673 e. The van der Waals surface area contributed by atoms with Crippen molar-refractivity contribution in [2.75, 3.05) is 13.3 Å². The summed E-state index contributed by atoms with van der Waals surface area (Å²) in [4.78, 5) is 0. The summed E-state index contributed by atoms with van der Waals surface area (Å²) in [6, 6.07) is 10.5. The lowest BCUT2D eigenvalue weighted by Crippen LogP contribution is -2.37. The summed E-state index contributed by atoms with van der Waals surface area (Å²) in [6.07, 6.45) is 11.5. The number of ether oxygens (including phenoxy) is 1. The summed E-state index contributed by atoms with van der Waals surface area (Å²) in [6.45, 7) is 1.45. The monoisotopic (exact) mass is 381 g/mol. The average molecular weight is 381 g/mol. The third kappa shape index (κ3) is 5.64. The molecule has 144 valence electrons. The van der Waals surface area contributed by atoms with Crippen molar-refractivity contribution in [3.8, 4) is 0 Å². The number of amidine groups is 1. The summed E-state index contributed by atoms with van der Waals surface area (Å²) >= 11 is 0. The van der Waals surface area contributed by atoms with Crippen molar-refractivity contribution in [1.82, 2.24) is 10.4 Å². The molecule has 0 spiro atoms. The van der Waals surface area contributed by atoms with E-state index in [4.69, 9.17) is 4.74 Å². The van der Waals surface area contributed by atoms with Gasteiger partial charge in [-0.05, 0) is 24.5 Å². The third-order valence-corrected chi connectivity index (χ3v) is 4.23. The van der Waals surface area contributed by atoms with Crippen molar-refractivity contribution in [3.05, 3.63) is 71.8 Å². The van der Waals surface area contributed by atoms with Crippen LogP contribution in [-0.2, 0) is 11.2 Å². The number of allylic oxidation sites excluding steroid dienone is 5. The van der Waals surface area contributed by atoms with Crippen molar-refractivity contribution in [3.63, 3.8) is 0 Å². The molecule has 1 aliphatic carbocycles. The molecule has 0 bridgehead atoms. The minimum absolute atomic E-state index is 0.609. The summed E-state index contributed by atoms with van der Waals surface area (Å²) in [7, 11) is -6.00. The summed E-state index contributed by atoms with van der Waals surface area (Å²) in [5, 5.41) is 2.23. The maximum atomic E-state index is 9.75. The van der Waals surface area contributed by atoms with Crippen LogP contribution in [0.15, 0.2) is 66.2 Å². The summed E-state index contributed by atoms with van der Waals surface area (Å²) < 4.78 is 47.0. The third-order valence-electron chi connectivity index (χ3n) is 4.23. The molecule has 4 nitrogen and oxygen atoms in total. The summed E-state index contributed by atoms with van der Waals surface area (Å²) in [5.41, 5.74) is 7.33. The molecule has 0 amide bonds. The highest BCUT2D eigenvalue weighted by molar-refractivity contribution is 6.50. The molecule has 0 atom stereocenters. The Balaban J connectivity index is 0.000000376. The van der Waals surface area contributed by atoms with Gasteiger partial charge in [0.15, 0.2) is 13.3 Å². The lowest BCUT2D eigenvalue weighted by Gasteiger charge is -2.17. The Morgan fingerprint density at radius 1 is 1.15 bits per heavy atom. The van der Waals surface area contributed by atoms with Crippen molar-refractivity contribution < 1.29 is 26.6 Å². The molecular formula is C18H20BF4N3O. The van der Waals surface area contributed by atoms with Crippen LogP contribution in [0, 0.1) is 0 Å². The number of halogens is 4. The molecule has 4 rings (SSSR count). The molecule has 2 heterocycles. The molecule has 0 fully saturated rings. The second-order valence-corrected chi connectivity index (χ2v) is 6.26. The first kappa shape index (κ1) is 19.1. The van der Waals surface area contributed by atoms with Gasteiger partial charge >= 0.3 is 13.1 Å². The van der Waals surface area contributed by atoms with E-state index in [1.165, 1.54) is 17.0 Å². The van der Waals surface area contributed by atoms with Crippen LogP contribution in [0.1, 0.15) is 18.4 Å². The van der Waals surface area contributed by atoms with Gasteiger partial charge in [0.25, 0.3) is 0 Å². The van der Waals surface area contributed by atoms with Gasteiger partial charge in [0.2, 0.25) is 0 Å². The molecule has 27 heavy (non-hydrogen) atoms. The zero-order valence-corrected chi connectivity index (χ0v) is 14.6. The van der Waals surface area contributed by atoms with E-state index in [0.29, 0.717) is 6.61 Å². The van der Waals surface area contributed by atoms with Gasteiger partial charge in [-0.2, -0.15) is 10.4 Å². The van der Waals surface area contributed by atoms with Crippen molar-refractivity contribution in [2.45, 2.75) is 19.3 Å². The first-order valence-corrected chi connectivity index (χ1v) is 8.65. The fraction of sp³-hybridized carbons (Fsp3) is 0.278. The number of hydrazine groups is 1. The minimum atomic E-state index is -6.00. The normalized spacial score (nSPS) is 18.6. The van der Waals surface area contributed by atoms with Gasteiger partial charge < -0.3 is 22.0 Å². The number of rotatable bonds is 3. The fourth-order valence-electron chi connectivity index (χ4n) is 3.05. The van der Waals surface area contributed by atoms with E-state index in [1.54, 1.807) is 0 Å². The molecule has 3 aliphatic rings. The Labute approximate surface area is 155 Å². The van der Waals surface area contributed by atoms with Crippen molar-refractivity contribution >= 4 is 13.1 Å². The Morgan fingerprint density at radius 2 is 1.89 bits per heavy atom. The maximum absolute atomic E-state index is 9.75. The number of benzene rings is 1. The average Bonchev–Trinajstić information content (AvgIpc) is 3.07. The van der Waals surface area contributed by atoms with Gasteiger partial charge in [0, 0.05) is 6.42 Å². The van der Waals surface area contributed by atoms with Crippen LogP contribution in [0.2, 0.25) is 0 Å². The Bertz CT molecular complexity index is 782. The SMILES string of the molecule is C1=CCCC(N2C[N+]3=C(COC=C3Cc3ccccc3)N2)=C1.F[B-](F)(F)F. The van der Waals surface area contributed by atoms with E-state index < -0.39 is 7.25 Å². The molecule has 0 saturated carbocycles.